The maximum absolute atomic E-state index is 10.9. The van der Waals surface area contributed by atoms with Gasteiger partial charge in [0.05, 0.1) is 0 Å². The molecule has 0 fully saturated rings. The molecule has 28 heavy (non-hydrogen) atoms. The first-order chi connectivity index (χ1) is 13.2. The van der Waals surface area contributed by atoms with Gasteiger partial charge in [-0.2, -0.15) is 0 Å². The van der Waals surface area contributed by atoms with Crippen LogP contribution in [-0.2, 0) is 0 Å². The molecule has 0 saturated heterocycles. The molecule has 0 aliphatic carbocycles. The Morgan fingerprint density at radius 3 is 1.57 bits per heavy atom. The molecular formula is C18H15N2O7P. The maximum atomic E-state index is 10.9. The van der Waals surface area contributed by atoms with Crippen LogP contribution in [0.25, 0.3) is 22.3 Å². The summed E-state index contributed by atoms with van der Waals surface area (Å²) in [5, 5.41) is 21.7. The fraction of sp³-hybridized carbons (Fsp3) is 0. The standard InChI is InChI=1S/C18H15N2O7P/c21-19(22)14-8-4-12(5-9-14)16-2-1-3-17(28(25,26)27)18(16)13-6-10-15(11-7-13)20(23)24/h1-11,25-28H. The van der Waals surface area contributed by atoms with Gasteiger partial charge in [0.2, 0.25) is 0 Å². The minimum atomic E-state index is -4.73. The van der Waals surface area contributed by atoms with Gasteiger partial charge in [0.1, 0.15) is 0 Å². The molecule has 3 aromatic carbocycles. The average molecular weight is 402 g/mol. The van der Waals surface area contributed by atoms with Crippen molar-refractivity contribution in [1.82, 2.24) is 0 Å². The SMILES string of the molecule is O=[N+]([O-])c1ccc(-c2cccc([PH](O)(O)O)c2-c2ccc([N+](=O)[O-])cc2)cc1. The molecule has 0 unspecified atom stereocenters. The molecule has 0 bridgehead atoms. The Balaban J connectivity index is 2.23. The molecule has 9 nitrogen and oxygen atoms in total. The zero-order valence-electron chi connectivity index (χ0n) is 14.2. The van der Waals surface area contributed by atoms with Crippen molar-refractivity contribution in [2.24, 2.45) is 0 Å². The third-order valence-corrected chi connectivity index (χ3v) is 5.32. The van der Waals surface area contributed by atoms with Crippen LogP contribution in [0.5, 0.6) is 0 Å². The van der Waals surface area contributed by atoms with Gasteiger partial charge in [-0.1, -0.05) is 0 Å². The Bertz CT molecular complexity index is 1050. The van der Waals surface area contributed by atoms with Crippen LogP contribution in [0.4, 0.5) is 11.4 Å². The van der Waals surface area contributed by atoms with Crippen molar-refractivity contribution < 1.29 is 24.5 Å². The fourth-order valence-corrected chi connectivity index (χ4v) is 3.83. The summed E-state index contributed by atoms with van der Waals surface area (Å²) < 4.78 is 0. The Hall–Kier alpha value is -3.23. The second-order valence-corrected chi connectivity index (χ2v) is 7.78. The Morgan fingerprint density at radius 1 is 0.679 bits per heavy atom. The summed E-state index contributed by atoms with van der Waals surface area (Å²) >= 11 is 0. The quantitative estimate of drug-likeness (QED) is 0.338. The number of nitrogens with zero attached hydrogens (tertiary/aromatic N) is 2. The average Bonchev–Trinajstić information content (AvgIpc) is 2.67. The summed E-state index contributed by atoms with van der Waals surface area (Å²) in [4.78, 5) is 50.4. The van der Waals surface area contributed by atoms with Crippen molar-refractivity contribution in [3.8, 4) is 22.3 Å². The van der Waals surface area contributed by atoms with Crippen molar-refractivity contribution in [2.75, 3.05) is 0 Å². The second-order valence-electron chi connectivity index (χ2n) is 5.97. The molecule has 0 aliphatic heterocycles. The third kappa shape index (κ3) is 3.88. The van der Waals surface area contributed by atoms with E-state index in [0.29, 0.717) is 16.7 Å². The summed E-state index contributed by atoms with van der Waals surface area (Å²) in [5.74, 6) is 0. The number of non-ortho nitro benzene ring substituents is 2. The van der Waals surface area contributed by atoms with Gasteiger partial charge < -0.3 is 0 Å². The molecule has 3 N–H and O–H groups in total. The van der Waals surface area contributed by atoms with Crippen LogP contribution < -0.4 is 5.30 Å². The van der Waals surface area contributed by atoms with Gasteiger partial charge in [0, 0.05) is 0 Å². The second kappa shape index (κ2) is 7.41. The van der Waals surface area contributed by atoms with Crippen LogP contribution in [0.2, 0.25) is 0 Å². The molecule has 3 rings (SSSR count). The van der Waals surface area contributed by atoms with Gasteiger partial charge in [0.15, 0.2) is 0 Å². The van der Waals surface area contributed by atoms with E-state index in [-0.39, 0.29) is 22.2 Å². The van der Waals surface area contributed by atoms with Crippen LogP contribution >= 0.6 is 7.94 Å². The molecular weight excluding hydrogens is 387 g/mol. The van der Waals surface area contributed by atoms with Crippen LogP contribution in [-0.4, -0.2) is 24.5 Å². The van der Waals surface area contributed by atoms with E-state index in [1.165, 1.54) is 60.7 Å². The molecule has 0 atom stereocenters. The predicted octanol–water partition coefficient (Wildman–Crippen LogP) is 2.93. The molecule has 3 aromatic rings. The van der Waals surface area contributed by atoms with Gasteiger partial charge >= 0.3 is 158 Å². The Morgan fingerprint density at radius 2 is 1.14 bits per heavy atom. The molecule has 0 amide bonds. The van der Waals surface area contributed by atoms with E-state index in [1.807, 2.05) is 0 Å². The molecule has 0 radical (unpaired) electrons. The van der Waals surface area contributed by atoms with Crippen molar-refractivity contribution in [1.29, 1.82) is 0 Å². The van der Waals surface area contributed by atoms with E-state index in [2.05, 4.69) is 0 Å². The Kier molecular flexibility index (Phi) is 5.17. The number of nitro groups is 2. The number of rotatable bonds is 5. The summed E-state index contributed by atoms with van der Waals surface area (Å²) in [7, 11) is -4.73. The fourth-order valence-electron chi connectivity index (χ4n) is 2.90. The van der Waals surface area contributed by atoms with Gasteiger partial charge in [-0.05, 0) is 0 Å². The third-order valence-electron chi connectivity index (χ3n) is 4.18. The molecule has 0 heterocycles. The van der Waals surface area contributed by atoms with Crippen molar-refractivity contribution in [2.45, 2.75) is 0 Å². The first-order valence-corrected chi connectivity index (χ1v) is 9.83. The number of hydrogen-bond acceptors (Lipinski definition) is 7. The van der Waals surface area contributed by atoms with Gasteiger partial charge in [-0.3, -0.25) is 0 Å². The summed E-state index contributed by atoms with van der Waals surface area (Å²) in [6.07, 6.45) is 0. The van der Waals surface area contributed by atoms with E-state index in [1.54, 1.807) is 6.07 Å². The number of hydrogen-bond donors (Lipinski definition) is 3. The van der Waals surface area contributed by atoms with E-state index >= 15 is 0 Å². The van der Waals surface area contributed by atoms with Crippen molar-refractivity contribution in [3.05, 3.63) is 87.0 Å². The first-order valence-electron chi connectivity index (χ1n) is 7.99. The Labute approximate surface area is 159 Å². The van der Waals surface area contributed by atoms with E-state index in [9.17, 15) is 34.9 Å². The molecule has 0 saturated carbocycles. The zero-order valence-corrected chi connectivity index (χ0v) is 15.2. The molecule has 0 aromatic heterocycles. The topological polar surface area (TPSA) is 147 Å². The summed E-state index contributed by atoms with van der Waals surface area (Å²) in [5.41, 5.74) is 1.48. The molecule has 0 aliphatic rings. The predicted molar refractivity (Wildman–Crippen MR) is 105 cm³/mol. The number of nitro benzene ring substituents is 2. The zero-order chi connectivity index (χ0) is 20.5. The monoisotopic (exact) mass is 402 g/mol. The minimum absolute atomic E-state index is 0.0998. The first kappa shape index (κ1) is 19.5. The number of benzene rings is 3. The normalized spacial score (nSPS) is 11.8. The van der Waals surface area contributed by atoms with Crippen LogP contribution in [0.15, 0.2) is 66.7 Å². The molecule has 10 heteroatoms. The summed E-state index contributed by atoms with van der Waals surface area (Å²) in [6, 6.07) is 15.6. The van der Waals surface area contributed by atoms with Crippen LogP contribution in [0.1, 0.15) is 0 Å². The van der Waals surface area contributed by atoms with E-state index < -0.39 is 17.8 Å². The van der Waals surface area contributed by atoms with Crippen LogP contribution in [0.3, 0.4) is 0 Å². The van der Waals surface area contributed by atoms with Gasteiger partial charge in [-0.15, -0.1) is 0 Å². The van der Waals surface area contributed by atoms with Crippen molar-refractivity contribution in [3.63, 3.8) is 0 Å². The van der Waals surface area contributed by atoms with Crippen molar-refractivity contribution >= 4 is 24.6 Å². The molecule has 0 spiro atoms. The summed E-state index contributed by atoms with van der Waals surface area (Å²) in [6.45, 7) is 0. The van der Waals surface area contributed by atoms with Crippen LogP contribution in [0, 0.1) is 20.2 Å². The molecule has 144 valence electrons. The van der Waals surface area contributed by atoms with E-state index in [0.717, 1.165) is 0 Å². The van der Waals surface area contributed by atoms with Gasteiger partial charge in [0.25, 0.3) is 0 Å². The van der Waals surface area contributed by atoms with Gasteiger partial charge in [-0.25, -0.2) is 0 Å². The van der Waals surface area contributed by atoms with E-state index in [4.69, 9.17) is 0 Å².